The second-order valence-electron chi connectivity index (χ2n) is 4.72. The molecule has 3 heteroatoms. The first-order valence-corrected chi connectivity index (χ1v) is 6.27. The van der Waals surface area contributed by atoms with Gasteiger partial charge in [0.15, 0.2) is 0 Å². The summed E-state index contributed by atoms with van der Waals surface area (Å²) in [6.45, 7) is 2.10. The normalized spacial score (nSPS) is 17.9. The summed E-state index contributed by atoms with van der Waals surface area (Å²) in [5.74, 6) is 0. The number of benzene rings is 1. The number of halogens is 1. The van der Waals surface area contributed by atoms with Crippen LogP contribution in [-0.2, 0) is 0 Å². The Labute approximate surface area is 102 Å². The van der Waals surface area contributed by atoms with Crippen molar-refractivity contribution in [1.29, 1.82) is 0 Å². The topological polar surface area (TPSA) is 24.1 Å². The molecule has 2 rings (SSSR count). The molecule has 2 N–H and O–H groups in total. The summed E-state index contributed by atoms with van der Waals surface area (Å²) in [7, 11) is 2.02. The number of hydrogen-bond acceptors (Lipinski definition) is 2. The average molecular weight is 239 g/mol. The third-order valence-electron chi connectivity index (χ3n) is 3.49. The van der Waals surface area contributed by atoms with Crippen molar-refractivity contribution < 1.29 is 0 Å². The van der Waals surface area contributed by atoms with Crippen LogP contribution in [0.25, 0.3) is 0 Å². The van der Waals surface area contributed by atoms with Gasteiger partial charge >= 0.3 is 0 Å². The molecule has 2 nitrogen and oxygen atoms in total. The van der Waals surface area contributed by atoms with Crippen LogP contribution in [0.3, 0.4) is 0 Å². The second-order valence-corrected chi connectivity index (χ2v) is 5.12. The van der Waals surface area contributed by atoms with Gasteiger partial charge in [0.25, 0.3) is 0 Å². The zero-order chi connectivity index (χ0) is 11.4. The highest BCUT2D eigenvalue weighted by Crippen LogP contribution is 2.40. The van der Waals surface area contributed by atoms with Crippen molar-refractivity contribution in [3.05, 3.63) is 29.3 Å². The van der Waals surface area contributed by atoms with Crippen molar-refractivity contribution in [2.24, 2.45) is 5.41 Å². The monoisotopic (exact) mass is 238 g/mol. The van der Waals surface area contributed by atoms with Crippen molar-refractivity contribution in [2.45, 2.75) is 19.3 Å². The van der Waals surface area contributed by atoms with E-state index in [4.69, 9.17) is 11.6 Å². The Morgan fingerprint density at radius 3 is 2.56 bits per heavy atom. The van der Waals surface area contributed by atoms with E-state index in [0.29, 0.717) is 5.41 Å². The van der Waals surface area contributed by atoms with Crippen LogP contribution >= 0.6 is 11.6 Å². The van der Waals surface area contributed by atoms with E-state index in [0.717, 1.165) is 23.8 Å². The lowest BCUT2D eigenvalue weighted by molar-refractivity contribution is 0.151. The van der Waals surface area contributed by atoms with E-state index in [2.05, 4.69) is 10.6 Å². The van der Waals surface area contributed by atoms with Gasteiger partial charge in [-0.05, 0) is 32.0 Å². The smallest absolute Gasteiger partial charge is 0.0637 e. The maximum atomic E-state index is 6.11. The van der Waals surface area contributed by atoms with Crippen molar-refractivity contribution in [1.82, 2.24) is 5.32 Å². The van der Waals surface area contributed by atoms with Crippen molar-refractivity contribution in [3.63, 3.8) is 0 Å². The highest BCUT2D eigenvalue weighted by molar-refractivity contribution is 6.33. The van der Waals surface area contributed by atoms with Crippen LogP contribution in [0.15, 0.2) is 24.3 Å². The minimum Gasteiger partial charge on any atom is -0.383 e. The van der Waals surface area contributed by atoms with Gasteiger partial charge < -0.3 is 10.6 Å². The summed E-state index contributed by atoms with van der Waals surface area (Å²) in [6.07, 6.45) is 3.97. The molecule has 0 atom stereocenters. The Morgan fingerprint density at radius 1 is 1.25 bits per heavy atom. The molecule has 0 radical (unpaired) electrons. The lowest BCUT2D eigenvalue weighted by Gasteiger charge is -2.42. The fourth-order valence-corrected chi connectivity index (χ4v) is 2.56. The molecule has 1 aliphatic rings. The van der Waals surface area contributed by atoms with Gasteiger partial charge in [0, 0.05) is 18.5 Å². The zero-order valence-corrected chi connectivity index (χ0v) is 10.5. The highest BCUT2D eigenvalue weighted by Gasteiger charge is 2.35. The minimum atomic E-state index is 0.438. The summed E-state index contributed by atoms with van der Waals surface area (Å²) in [6, 6.07) is 7.93. The van der Waals surface area contributed by atoms with Crippen LogP contribution in [0.2, 0.25) is 5.02 Å². The van der Waals surface area contributed by atoms with Crippen LogP contribution < -0.4 is 10.6 Å². The number of para-hydroxylation sites is 1. The first kappa shape index (κ1) is 11.7. The van der Waals surface area contributed by atoms with Crippen molar-refractivity contribution in [3.8, 4) is 0 Å². The van der Waals surface area contributed by atoms with E-state index in [1.54, 1.807) is 0 Å². The minimum absolute atomic E-state index is 0.438. The molecule has 0 amide bonds. The summed E-state index contributed by atoms with van der Waals surface area (Å²) < 4.78 is 0. The van der Waals surface area contributed by atoms with E-state index in [1.807, 2.05) is 31.3 Å². The SMILES string of the molecule is CNCC1(CNc2ccccc2Cl)CCC1. The van der Waals surface area contributed by atoms with Gasteiger partial charge in [-0.1, -0.05) is 30.2 Å². The molecule has 1 aromatic rings. The van der Waals surface area contributed by atoms with Gasteiger partial charge in [0.05, 0.1) is 10.7 Å². The van der Waals surface area contributed by atoms with Gasteiger partial charge in [-0.15, -0.1) is 0 Å². The maximum absolute atomic E-state index is 6.11. The second kappa shape index (κ2) is 5.07. The molecule has 1 aliphatic carbocycles. The molecule has 0 spiro atoms. The molecule has 1 saturated carbocycles. The van der Waals surface area contributed by atoms with Gasteiger partial charge in [0.1, 0.15) is 0 Å². The van der Waals surface area contributed by atoms with Crippen LogP contribution in [0.1, 0.15) is 19.3 Å². The number of nitrogens with one attached hydrogen (secondary N) is 2. The predicted molar refractivity (Wildman–Crippen MR) is 70.2 cm³/mol. The predicted octanol–water partition coefficient (Wildman–Crippen LogP) is 3.14. The quantitative estimate of drug-likeness (QED) is 0.824. The van der Waals surface area contributed by atoms with Crippen LogP contribution in [0.5, 0.6) is 0 Å². The van der Waals surface area contributed by atoms with E-state index < -0.39 is 0 Å². The Balaban J connectivity index is 1.93. The average Bonchev–Trinajstić information content (AvgIpc) is 2.24. The molecule has 0 aliphatic heterocycles. The summed E-state index contributed by atoms with van der Waals surface area (Å²) in [5, 5.41) is 7.56. The van der Waals surface area contributed by atoms with E-state index in [9.17, 15) is 0 Å². The number of anilines is 1. The number of hydrogen-bond donors (Lipinski definition) is 2. The van der Waals surface area contributed by atoms with Crippen LogP contribution in [0.4, 0.5) is 5.69 Å². The van der Waals surface area contributed by atoms with Gasteiger partial charge in [-0.2, -0.15) is 0 Å². The molecule has 1 aromatic carbocycles. The third kappa shape index (κ3) is 2.50. The molecule has 16 heavy (non-hydrogen) atoms. The highest BCUT2D eigenvalue weighted by atomic mass is 35.5. The molecule has 1 fully saturated rings. The lowest BCUT2D eigenvalue weighted by Crippen LogP contribution is -2.44. The molecular weight excluding hydrogens is 220 g/mol. The Morgan fingerprint density at radius 2 is 2.00 bits per heavy atom. The Bertz CT molecular complexity index is 348. The van der Waals surface area contributed by atoms with Crippen molar-refractivity contribution in [2.75, 3.05) is 25.5 Å². The molecule has 88 valence electrons. The fourth-order valence-electron chi connectivity index (χ4n) is 2.36. The molecule has 0 unspecified atom stereocenters. The standard InChI is InChI=1S/C13H19ClN2/c1-15-9-13(7-4-8-13)10-16-12-6-3-2-5-11(12)14/h2-3,5-6,15-16H,4,7-10H2,1H3. The van der Waals surface area contributed by atoms with Gasteiger partial charge in [0.2, 0.25) is 0 Å². The van der Waals surface area contributed by atoms with E-state index in [-0.39, 0.29) is 0 Å². The first-order valence-electron chi connectivity index (χ1n) is 5.89. The summed E-state index contributed by atoms with van der Waals surface area (Å²) >= 11 is 6.11. The van der Waals surface area contributed by atoms with Gasteiger partial charge in [-0.25, -0.2) is 0 Å². The first-order chi connectivity index (χ1) is 7.76. The summed E-state index contributed by atoms with van der Waals surface area (Å²) in [5.41, 5.74) is 1.49. The molecular formula is C13H19ClN2. The molecule has 0 bridgehead atoms. The Kier molecular flexibility index (Phi) is 3.72. The zero-order valence-electron chi connectivity index (χ0n) is 9.72. The molecule has 0 aromatic heterocycles. The third-order valence-corrected chi connectivity index (χ3v) is 3.82. The number of rotatable bonds is 5. The molecule has 0 saturated heterocycles. The largest absolute Gasteiger partial charge is 0.383 e. The molecule has 0 heterocycles. The van der Waals surface area contributed by atoms with Gasteiger partial charge in [-0.3, -0.25) is 0 Å². The Hall–Kier alpha value is -0.730. The van der Waals surface area contributed by atoms with E-state index in [1.165, 1.54) is 19.3 Å². The maximum Gasteiger partial charge on any atom is 0.0637 e. The summed E-state index contributed by atoms with van der Waals surface area (Å²) in [4.78, 5) is 0. The van der Waals surface area contributed by atoms with Crippen LogP contribution in [-0.4, -0.2) is 20.1 Å². The van der Waals surface area contributed by atoms with Crippen molar-refractivity contribution >= 4 is 17.3 Å². The lowest BCUT2D eigenvalue weighted by atomic mass is 9.68. The van der Waals surface area contributed by atoms with E-state index >= 15 is 0 Å². The van der Waals surface area contributed by atoms with Crippen LogP contribution in [0, 0.1) is 5.41 Å². The fraction of sp³-hybridized carbons (Fsp3) is 0.538.